The number of terminal acetylenes is 1. The lowest BCUT2D eigenvalue weighted by Gasteiger charge is -2.21. The van der Waals surface area contributed by atoms with Crippen molar-refractivity contribution >= 4 is 35.0 Å². The van der Waals surface area contributed by atoms with Crippen LogP contribution in [0.25, 0.3) is 0 Å². The van der Waals surface area contributed by atoms with Gasteiger partial charge in [-0.2, -0.15) is 18.3 Å². The van der Waals surface area contributed by atoms with E-state index in [9.17, 15) is 22.4 Å². The van der Waals surface area contributed by atoms with Crippen molar-refractivity contribution in [3.05, 3.63) is 53.3 Å². The number of hydrazone groups is 1. The summed E-state index contributed by atoms with van der Waals surface area (Å²) in [6, 6.07) is 9.75. The number of benzene rings is 2. The predicted molar refractivity (Wildman–Crippen MR) is 98.5 cm³/mol. The molecule has 9 heteroatoms. The van der Waals surface area contributed by atoms with Crippen LogP contribution in [0.2, 0.25) is 5.02 Å². The van der Waals surface area contributed by atoms with E-state index in [0.29, 0.717) is 0 Å². The average Bonchev–Trinajstić information content (AvgIpc) is 2.64. The van der Waals surface area contributed by atoms with Crippen molar-refractivity contribution in [1.29, 1.82) is 0 Å². The van der Waals surface area contributed by atoms with Gasteiger partial charge in [-0.05, 0) is 25.1 Å². The Morgan fingerprint density at radius 2 is 1.96 bits per heavy atom. The number of ether oxygens (including phenoxy) is 1. The van der Waals surface area contributed by atoms with Gasteiger partial charge in [-0.25, -0.2) is 9.40 Å². The Morgan fingerprint density at radius 3 is 2.54 bits per heavy atom. The molecule has 0 aliphatic rings. The maximum Gasteiger partial charge on any atom is 0.455 e. The Morgan fingerprint density at radius 1 is 1.32 bits per heavy atom. The zero-order valence-corrected chi connectivity index (χ0v) is 15.1. The monoisotopic (exact) mass is 412 g/mol. The molecule has 28 heavy (non-hydrogen) atoms. The minimum absolute atomic E-state index is 0.00166. The molecule has 1 atom stereocenters. The Balaban J connectivity index is 2.55. The van der Waals surface area contributed by atoms with Crippen LogP contribution >= 0.6 is 11.6 Å². The predicted octanol–water partition coefficient (Wildman–Crippen LogP) is 5.13. The second-order valence-corrected chi connectivity index (χ2v) is 5.82. The highest BCUT2D eigenvalue weighted by Gasteiger charge is 2.37. The molecule has 146 valence electrons. The van der Waals surface area contributed by atoms with Crippen molar-refractivity contribution in [3.8, 4) is 18.1 Å². The first-order valence-electron chi connectivity index (χ1n) is 7.75. The Labute approximate surface area is 163 Å². The number of alkyl halides is 3. The van der Waals surface area contributed by atoms with E-state index in [-0.39, 0.29) is 28.4 Å². The Kier molecular flexibility index (Phi) is 6.65. The summed E-state index contributed by atoms with van der Waals surface area (Å²) in [5.41, 5.74) is -0.0908. The fourth-order valence-electron chi connectivity index (χ4n) is 2.02. The molecule has 0 heterocycles. The minimum Gasteiger partial charge on any atom is -0.476 e. The van der Waals surface area contributed by atoms with Crippen molar-refractivity contribution in [1.82, 2.24) is 0 Å². The number of carbonyl (C=O) groups is 1. The molecule has 0 amide bonds. The molecule has 2 aromatic rings. The van der Waals surface area contributed by atoms with Crippen LogP contribution in [0.3, 0.4) is 0 Å². The molecule has 4 nitrogen and oxygen atoms in total. The van der Waals surface area contributed by atoms with E-state index >= 15 is 0 Å². The molecular formula is C19H13ClF4N2O2. The number of hydrogen-bond donors (Lipinski definition) is 0. The first-order chi connectivity index (χ1) is 13.1. The zero-order valence-electron chi connectivity index (χ0n) is 14.4. The van der Waals surface area contributed by atoms with Gasteiger partial charge >= 0.3 is 6.18 Å². The van der Waals surface area contributed by atoms with Gasteiger partial charge in [0.25, 0.3) is 5.78 Å². The van der Waals surface area contributed by atoms with E-state index < -0.39 is 23.9 Å². The van der Waals surface area contributed by atoms with Crippen molar-refractivity contribution < 1.29 is 27.1 Å². The van der Waals surface area contributed by atoms with Gasteiger partial charge in [0.05, 0.1) is 10.7 Å². The summed E-state index contributed by atoms with van der Waals surface area (Å²) in [5, 5.41) is 4.25. The number of para-hydroxylation sites is 1. The maximum absolute atomic E-state index is 14.5. The van der Waals surface area contributed by atoms with Gasteiger partial charge in [0, 0.05) is 6.07 Å². The highest BCUT2D eigenvalue weighted by atomic mass is 35.5. The lowest BCUT2D eigenvalue weighted by molar-refractivity contribution is -0.162. The second-order valence-electron chi connectivity index (χ2n) is 5.41. The molecule has 0 radical (unpaired) electrons. The van der Waals surface area contributed by atoms with Crippen LogP contribution in [0.1, 0.15) is 6.92 Å². The zero-order chi connectivity index (χ0) is 20.9. The molecule has 0 saturated carbocycles. The molecule has 0 bridgehead atoms. The van der Waals surface area contributed by atoms with Crippen molar-refractivity contribution in [3.63, 3.8) is 0 Å². The number of hydrogen-bond acceptors (Lipinski definition) is 4. The summed E-state index contributed by atoms with van der Waals surface area (Å²) in [6.07, 6.45) is -0.507. The van der Waals surface area contributed by atoms with Crippen LogP contribution in [-0.2, 0) is 4.79 Å². The van der Waals surface area contributed by atoms with Crippen LogP contribution in [0.5, 0.6) is 5.75 Å². The summed E-state index contributed by atoms with van der Waals surface area (Å²) in [7, 11) is 0. The number of Topliss-reactive ketones (excluding diaryl/α,β-unsaturated/α-hetero) is 1. The standard InChI is InChI=1S/C19H13ClF4N2O2/c1-3-12(2)28-17-10-16(15(21)9-14(17)20)26(13-7-5-4-6-8-13)25-11-18(27)19(22,23)24/h1,4-12H,2H3/b25-11+. The van der Waals surface area contributed by atoms with Crippen LogP contribution in [0.4, 0.5) is 28.9 Å². The average molecular weight is 413 g/mol. The fourth-order valence-corrected chi connectivity index (χ4v) is 2.21. The molecule has 0 aliphatic carbocycles. The van der Waals surface area contributed by atoms with E-state index in [1.807, 2.05) is 0 Å². The van der Waals surface area contributed by atoms with Gasteiger partial charge in [0.2, 0.25) is 0 Å². The number of anilines is 2. The molecule has 0 fully saturated rings. The van der Waals surface area contributed by atoms with E-state index in [2.05, 4.69) is 11.0 Å². The molecule has 0 saturated heterocycles. The lowest BCUT2D eigenvalue weighted by atomic mass is 10.2. The fraction of sp³-hybridized carbons (Fsp3) is 0.158. The molecular weight excluding hydrogens is 400 g/mol. The lowest BCUT2D eigenvalue weighted by Crippen LogP contribution is -2.25. The number of carbonyl (C=O) groups excluding carboxylic acids is 1. The normalized spacial score (nSPS) is 12.5. The number of ketones is 1. The summed E-state index contributed by atoms with van der Waals surface area (Å²) >= 11 is 5.95. The first kappa shape index (κ1) is 21.3. The molecule has 2 aromatic carbocycles. The van der Waals surface area contributed by atoms with Crippen molar-refractivity contribution in [2.45, 2.75) is 19.2 Å². The van der Waals surface area contributed by atoms with Crippen LogP contribution in [0, 0.1) is 18.2 Å². The minimum atomic E-state index is -5.11. The highest BCUT2D eigenvalue weighted by molar-refractivity contribution is 6.32. The third-order valence-corrected chi connectivity index (χ3v) is 3.63. The van der Waals surface area contributed by atoms with Gasteiger partial charge in [-0.1, -0.05) is 35.7 Å². The molecule has 0 N–H and O–H groups in total. The summed E-state index contributed by atoms with van der Waals surface area (Å²) in [6.45, 7) is 1.55. The first-order valence-corrected chi connectivity index (χ1v) is 8.13. The SMILES string of the molecule is C#CC(C)Oc1cc(N(/N=C/C(=O)C(F)(F)F)c2ccccc2)c(F)cc1Cl. The van der Waals surface area contributed by atoms with Crippen LogP contribution in [-0.4, -0.2) is 24.3 Å². The molecule has 0 spiro atoms. The largest absolute Gasteiger partial charge is 0.476 e. The van der Waals surface area contributed by atoms with Crippen LogP contribution < -0.4 is 9.75 Å². The summed E-state index contributed by atoms with van der Waals surface area (Å²) in [5.74, 6) is -0.785. The van der Waals surface area contributed by atoms with Crippen LogP contribution in [0.15, 0.2) is 47.6 Å². The third-order valence-electron chi connectivity index (χ3n) is 3.34. The quantitative estimate of drug-likeness (QED) is 0.286. The van der Waals surface area contributed by atoms with Gasteiger partial charge < -0.3 is 4.74 Å². The second kappa shape index (κ2) is 8.76. The van der Waals surface area contributed by atoms with E-state index in [4.69, 9.17) is 22.8 Å². The van der Waals surface area contributed by atoms with Gasteiger partial charge in [-0.3, -0.25) is 4.79 Å². The smallest absolute Gasteiger partial charge is 0.455 e. The van der Waals surface area contributed by atoms with Gasteiger partial charge in [0.1, 0.15) is 17.7 Å². The van der Waals surface area contributed by atoms with Gasteiger partial charge in [-0.15, -0.1) is 6.42 Å². The number of rotatable bonds is 6. The van der Waals surface area contributed by atoms with Gasteiger partial charge in [0.15, 0.2) is 11.9 Å². The van der Waals surface area contributed by atoms with E-state index in [1.54, 1.807) is 25.1 Å². The maximum atomic E-state index is 14.5. The van der Waals surface area contributed by atoms with Crippen molar-refractivity contribution in [2.75, 3.05) is 5.01 Å². The summed E-state index contributed by atoms with van der Waals surface area (Å²) < 4.78 is 57.4. The third kappa shape index (κ3) is 5.24. The number of nitrogens with zero attached hydrogens (tertiary/aromatic N) is 2. The summed E-state index contributed by atoms with van der Waals surface area (Å²) in [4.78, 5) is 11.2. The molecule has 1 unspecified atom stereocenters. The topological polar surface area (TPSA) is 41.9 Å². The molecule has 2 rings (SSSR count). The van der Waals surface area contributed by atoms with E-state index in [0.717, 1.165) is 17.1 Å². The number of halogens is 5. The van der Waals surface area contributed by atoms with E-state index in [1.165, 1.54) is 12.1 Å². The molecule has 0 aliphatic heterocycles. The Hall–Kier alpha value is -3.05. The van der Waals surface area contributed by atoms with Crippen molar-refractivity contribution in [2.24, 2.45) is 5.10 Å². The molecule has 0 aromatic heterocycles. The highest BCUT2D eigenvalue weighted by Crippen LogP contribution is 2.36. The Bertz CT molecular complexity index is 924.